The number of hydrogen-bond acceptors (Lipinski definition) is 4. The molecule has 0 radical (unpaired) electrons. The van der Waals surface area contributed by atoms with E-state index < -0.39 is 29.5 Å². The standard InChI is InChI=1S/C10H21O6PS/c1-9(10-5-3-2-4-6-10)18(14,15)8-7-16-17(11,12)13/h9-10H,2-8H2,1H3,(H2,11,12,13). The molecule has 1 rings (SSSR count). The van der Waals surface area contributed by atoms with Crippen molar-refractivity contribution in [3.05, 3.63) is 0 Å². The third kappa shape index (κ3) is 5.36. The van der Waals surface area contributed by atoms with Crippen molar-refractivity contribution in [2.45, 2.75) is 44.3 Å². The predicted molar refractivity (Wildman–Crippen MR) is 67.8 cm³/mol. The minimum atomic E-state index is -4.58. The highest BCUT2D eigenvalue weighted by Crippen LogP contribution is 2.36. The lowest BCUT2D eigenvalue weighted by molar-refractivity contribution is 0.207. The van der Waals surface area contributed by atoms with Crippen molar-refractivity contribution < 1.29 is 27.3 Å². The van der Waals surface area contributed by atoms with E-state index in [4.69, 9.17) is 9.79 Å². The van der Waals surface area contributed by atoms with Gasteiger partial charge in [-0.1, -0.05) is 19.3 Å². The molecule has 1 unspecified atom stereocenters. The van der Waals surface area contributed by atoms with Crippen molar-refractivity contribution in [1.82, 2.24) is 0 Å². The molecule has 8 heteroatoms. The third-order valence-electron chi connectivity index (χ3n) is 3.51. The molecule has 1 aliphatic carbocycles. The zero-order chi connectivity index (χ0) is 13.8. The normalized spacial score (nSPS) is 20.8. The Labute approximate surface area is 108 Å². The van der Waals surface area contributed by atoms with Crippen LogP contribution in [0.1, 0.15) is 39.0 Å². The number of hydrogen-bond donors (Lipinski definition) is 2. The summed E-state index contributed by atoms with van der Waals surface area (Å²) in [6.45, 7) is 1.23. The summed E-state index contributed by atoms with van der Waals surface area (Å²) in [7, 11) is -7.93. The van der Waals surface area contributed by atoms with Crippen LogP contribution in [0.2, 0.25) is 0 Å². The van der Waals surface area contributed by atoms with Gasteiger partial charge in [-0.05, 0) is 25.7 Å². The lowest BCUT2D eigenvalue weighted by Gasteiger charge is -2.27. The van der Waals surface area contributed by atoms with E-state index in [2.05, 4.69) is 4.52 Å². The minimum Gasteiger partial charge on any atom is -0.303 e. The highest BCUT2D eigenvalue weighted by molar-refractivity contribution is 7.92. The fraction of sp³-hybridized carbons (Fsp3) is 1.00. The van der Waals surface area contributed by atoms with E-state index in [-0.39, 0.29) is 11.7 Å². The van der Waals surface area contributed by atoms with Gasteiger partial charge < -0.3 is 9.79 Å². The summed E-state index contributed by atoms with van der Waals surface area (Å²) in [5.74, 6) is -0.172. The van der Waals surface area contributed by atoms with Crippen molar-refractivity contribution in [3.63, 3.8) is 0 Å². The molecule has 0 aromatic heterocycles. The van der Waals surface area contributed by atoms with Gasteiger partial charge in [0.15, 0.2) is 9.84 Å². The Hall–Kier alpha value is 0.0600. The second-order valence-corrected chi connectivity index (χ2v) is 8.51. The molecule has 1 saturated carbocycles. The quantitative estimate of drug-likeness (QED) is 0.721. The molecule has 0 bridgehead atoms. The highest BCUT2D eigenvalue weighted by atomic mass is 32.2. The van der Waals surface area contributed by atoms with Crippen LogP contribution in [0, 0.1) is 5.92 Å². The van der Waals surface area contributed by atoms with Crippen LogP contribution in [-0.4, -0.2) is 35.8 Å². The molecule has 0 heterocycles. The number of sulfone groups is 1. The van der Waals surface area contributed by atoms with Crippen molar-refractivity contribution in [3.8, 4) is 0 Å². The van der Waals surface area contributed by atoms with Gasteiger partial charge >= 0.3 is 7.82 Å². The second kappa shape index (κ2) is 6.48. The van der Waals surface area contributed by atoms with E-state index >= 15 is 0 Å². The first-order chi connectivity index (χ1) is 8.22. The SMILES string of the molecule is CC(C1CCCCC1)S(=O)(=O)CCOP(=O)(O)O. The number of phosphoric ester groups is 1. The van der Waals surface area contributed by atoms with Gasteiger partial charge in [-0.3, -0.25) is 4.52 Å². The summed E-state index contributed by atoms with van der Waals surface area (Å²) >= 11 is 0. The monoisotopic (exact) mass is 300 g/mol. The van der Waals surface area contributed by atoms with Crippen LogP contribution in [0.3, 0.4) is 0 Å². The topological polar surface area (TPSA) is 101 Å². The van der Waals surface area contributed by atoms with Gasteiger partial charge in [-0.25, -0.2) is 13.0 Å². The van der Waals surface area contributed by atoms with Crippen LogP contribution in [-0.2, 0) is 18.9 Å². The third-order valence-corrected chi connectivity index (χ3v) is 6.28. The number of rotatable bonds is 6. The Morgan fingerprint density at radius 2 is 1.83 bits per heavy atom. The molecular weight excluding hydrogens is 279 g/mol. The van der Waals surface area contributed by atoms with Gasteiger partial charge in [0.05, 0.1) is 17.6 Å². The van der Waals surface area contributed by atoms with E-state index in [1.165, 1.54) is 0 Å². The second-order valence-electron chi connectivity index (χ2n) is 4.79. The average molecular weight is 300 g/mol. The van der Waals surface area contributed by atoms with Crippen LogP contribution in [0.15, 0.2) is 0 Å². The molecule has 108 valence electrons. The van der Waals surface area contributed by atoms with Crippen LogP contribution >= 0.6 is 7.82 Å². The predicted octanol–water partition coefficient (Wildman–Crippen LogP) is 1.48. The molecule has 18 heavy (non-hydrogen) atoms. The van der Waals surface area contributed by atoms with Crippen molar-refractivity contribution in [2.24, 2.45) is 5.92 Å². The molecule has 0 aliphatic heterocycles. The van der Waals surface area contributed by atoms with Crippen molar-refractivity contribution in [1.29, 1.82) is 0 Å². The Balaban J connectivity index is 2.49. The largest absolute Gasteiger partial charge is 0.469 e. The molecule has 1 aliphatic rings. The minimum absolute atomic E-state index is 0.166. The summed E-state index contributed by atoms with van der Waals surface area (Å²) in [6.07, 6.45) is 5.11. The first kappa shape index (κ1) is 16.1. The zero-order valence-corrected chi connectivity index (χ0v) is 12.2. The fourth-order valence-electron chi connectivity index (χ4n) is 2.36. The van der Waals surface area contributed by atoms with E-state index in [9.17, 15) is 13.0 Å². The van der Waals surface area contributed by atoms with Crippen LogP contribution < -0.4 is 0 Å². The van der Waals surface area contributed by atoms with Crippen LogP contribution in [0.25, 0.3) is 0 Å². The molecule has 1 fully saturated rings. The molecule has 1 atom stereocenters. The Morgan fingerprint density at radius 1 is 1.28 bits per heavy atom. The fourth-order valence-corrected chi connectivity index (χ4v) is 4.35. The van der Waals surface area contributed by atoms with Crippen LogP contribution in [0.4, 0.5) is 0 Å². The summed E-state index contributed by atoms with van der Waals surface area (Å²) in [5, 5.41) is -0.460. The zero-order valence-electron chi connectivity index (χ0n) is 10.5. The van der Waals surface area contributed by atoms with Gasteiger partial charge in [0, 0.05) is 0 Å². The van der Waals surface area contributed by atoms with Crippen molar-refractivity contribution in [2.75, 3.05) is 12.4 Å². The van der Waals surface area contributed by atoms with Crippen LogP contribution in [0.5, 0.6) is 0 Å². The lowest BCUT2D eigenvalue weighted by atomic mass is 9.87. The molecule has 0 saturated heterocycles. The Bertz CT molecular complexity index is 395. The van der Waals surface area contributed by atoms with Gasteiger partial charge in [0.1, 0.15) is 0 Å². The maximum atomic E-state index is 12.0. The van der Waals surface area contributed by atoms with E-state index in [0.717, 1.165) is 32.1 Å². The van der Waals surface area contributed by atoms with Gasteiger partial charge in [0.2, 0.25) is 0 Å². The van der Waals surface area contributed by atoms with Crippen molar-refractivity contribution >= 4 is 17.7 Å². The lowest BCUT2D eigenvalue weighted by Crippen LogP contribution is -2.31. The first-order valence-corrected chi connectivity index (χ1v) is 9.38. The molecule has 0 spiro atoms. The molecule has 0 aromatic carbocycles. The van der Waals surface area contributed by atoms with E-state index in [1.807, 2.05) is 0 Å². The maximum Gasteiger partial charge on any atom is 0.469 e. The number of phosphoric acid groups is 1. The summed E-state index contributed by atoms with van der Waals surface area (Å²) < 4.78 is 38.6. The molecule has 6 nitrogen and oxygen atoms in total. The molecule has 0 amide bonds. The van der Waals surface area contributed by atoms with Gasteiger partial charge in [-0.2, -0.15) is 0 Å². The summed E-state index contributed by atoms with van der Waals surface area (Å²) in [5.41, 5.74) is 0. The van der Waals surface area contributed by atoms with E-state index in [1.54, 1.807) is 6.92 Å². The Morgan fingerprint density at radius 3 is 2.33 bits per heavy atom. The molecule has 0 aromatic rings. The first-order valence-electron chi connectivity index (χ1n) is 6.14. The molecular formula is C10H21O6PS. The van der Waals surface area contributed by atoms with E-state index in [0.29, 0.717) is 0 Å². The van der Waals surface area contributed by atoms with Gasteiger partial charge in [-0.15, -0.1) is 0 Å². The summed E-state index contributed by atoms with van der Waals surface area (Å²) in [4.78, 5) is 17.0. The van der Waals surface area contributed by atoms with Gasteiger partial charge in [0.25, 0.3) is 0 Å². The average Bonchev–Trinajstić information content (AvgIpc) is 2.27. The summed E-state index contributed by atoms with van der Waals surface area (Å²) in [6, 6.07) is 0. The smallest absolute Gasteiger partial charge is 0.303 e. The maximum absolute atomic E-state index is 12.0. The Kier molecular flexibility index (Phi) is 5.80. The highest BCUT2D eigenvalue weighted by Gasteiger charge is 2.30. The molecule has 2 N–H and O–H groups in total.